The van der Waals surface area contributed by atoms with Gasteiger partial charge >= 0.3 is 0 Å². The van der Waals surface area contributed by atoms with Crippen LogP contribution in [-0.2, 0) is 0 Å². The fraction of sp³-hybridized carbons (Fsp3) is 1.00. The molecule has 4 nitrogen and oxygen atoms in total. The zero-order valence-electron chi connectivity index (χ0n) is 15.0. The molecule has 4 heteroatoms. The summed E-state index contributed by atoms with van der Waals surface area (Å²) in [5.41, 5.74) is -0.943. The maximum absolute atomic E-state index is 10.3. The lowest BCUT2D eigenvalue weighted by Crippen LogP contribution is -2.42. The van der Waals surface area contributed by atoms with Crippen LogP contribution >= 0.6 is 0 Å². The molecule has 0 radical (unpaired) electrons. The number of aliphatic hydroxyl groups excluding tert-OH is 3. The van der Waals surface area contributed by atoms with Crippen molar-refractivity contribution in [3.8, 4) is 0 Å². The minimum absolute atomic E-state index is 0.119. The van der Waals surface area contributed by atoms with E-state index in [0.29, 0.717) is 24.2 Å². The van der Waals surface area contributed by atoms with E-state index in [1.54, 1.807) is 6.92 Å². The van der Waals surface area contributed by atoms with E-state index in [4.69, 9.17) is 5.11 Å². The highest BCUT2D eigenvalue weighted by molar-refractivity contribution is 5.01. The number of hydrogen-bond donors (Lipinski definition) is 4. The van der Waals surface area contributed by atoms with Crippen LogP contribution in [0.5, 0.6) is 0 Å². The molecule has 4 N–H and O–H groups in total. The molecule has 2 rings (SSSR count). The predicted molar refractivity (Wildman–Crippen MR) is 90.9 cm³/mol. The lowest BCUT2D eigenvalue weighted by Gasteiger charge is -2.45. The molecule has 0 bridgehead atoms. The molecule has 7 atom stereocenters. The Labute approximate surface area is 140 Å². The van der Waals surface area contributed by atoms with Gasteiger partial charge in [0.2, 0.25) is 0 Å². The Morgan fingerprint density at radius 3 is 2.61 bits per heavy atom. The number of aliphatic hydroxyl groups is 4. The van der Waals surface area contributed by atoms with Crippen LogP contribution in [0.4, 0.5) is 0 Å². The zero-order valence-corrected chi connectivity index (χ0v) is 15.0. The van der Waals surface area contributed by atoms with Crippen molar-refractivity contribution in [1.82, 2.24) is 0 Å². The Bertz CT molecular complexity index is 384. The first-order valence-electron chi connectivity index (χ1n) is 9.41. The molecule has 23 heavy (non-hydrogen) atoms. The highest BCUT2D eigenvalue weighted by atomic mass is 16.4. The third-order valence-electron chi connectivity index (χ3n) is 7.08. The zero-order chi connectivity index (χ0) is 17.3. The third-order valence-corrected chi connectivity index (χ3v) is 7.08. The first-order valence-corrected chi connectivity index (χ1v) is 9.41. The Morgan fingerprint density at radius 2 is 1.96 bits per heavy atom. The van der Waals surface area contributed by atoms with Gasteiger partial charge in [-0.05, 0) is 62.2 Å². The van der Waals surface area contributed by atoms with E-state index in [0.717, 1.165) is 32.1 Å². The van der Waals surface area contributed by atoms with Crippen LogP contribution in [0.2, 0.25) is 0 Å². The van der Waals surface area contributed by atoms with E-state index in [-0.39, 0.29) is 11.5 Å². The van der Waals surface area contributed by atoms with Gasteiger partial charge in [-0.2, -0.15) is 0 Å². The van der Waals surface area contributed by atoms with Crippen LogP contribution in [-0.4, -0.2) is 44.8 Å². The molecule has 2 saturated carbocycles. The topological polar surface area (TPSA) is 80.9 Å². The Morgan fingerprint density at radius 1 is 1.26 bits per heavy atom. The summed E-state index contributed by atoms with van der Waals surface area (Å²) in [6, 6.07) is 0. The smallest absolute Gasteiger partial charge is 0.105 e. The summed E-state index contributed by atoms with van der Waals surface area (Å²) in [4.78, 5) is 0. The van der Waals surface area contributed by atoms with Gasteiger partial charge < -0.3 is 20.4 Å². The normalized spacial score (nSPS) is 39.5. The minimum atomic E-state index is -1.21. The first kappa shape index (κ1) is 19.2. The van der Waals surface area contributed by atoms with Crippen LogP contribution in [0.3, 0.4) is 0 Å². The Kier molecular flexibility index (Phi) is 6.15. The maximum atomic E-state index is 10.3. The molecule has 0 saturated heterocycles. The van der Waals surface area contributed by atoms with Crippen molar-refractivity contribution < 1.29 is 20.4 Å². The summed E-state index contributed by atoms with van der Waals surface area (Å²) in [5.74, 6) is 1.68. The second-order valence-electron chi connectivity index (χ2n) is 8.68. The summed E-state index contributed by atoms with van der Waals surface area (Å²) < 4.78 is 0. The van der Waals surface area contributed by atoms with E-state index >= 15 is 0 Å². The lowest BCUT2D eigenvalue weighted by molar-refractivity contribution is -0.0892. The van der Waals surface area contributed by atoms with Gasteiger partial charge in [-0.1, -0.05) is 33.1 Å². The number of hydrogen-bond acceptors (Lipinski definition) is 4. The third kappa shape index (κ3) is 3.92. The number of fused-ring (bicyclic) bond motifs is 1. The van der Waals surface area contributed by atoms with Gasteiger partial charge in [-0.3, -0.25) is 0 Å². The van der Waals surface area contributed by atoms with Gasteiger partial charge in [-0.25, -0.2) is 0 Å². The van der Waals surface area contributed by atoms with Crippen molar-refractivity contribution in [2.75, 3.05) is 6.61 Å². The Hall–Kier alpha value is -0.160. The molecule has 0 aliphatic heterocycles. The monoisotopic (exact) mass is 328 g/mol. The van der Waals surface area contributed by atoms with Gasteiger partial charge in [0.15, 0.2) is 0 Å². The van der Waals surface area contributed by atoms with Gasteiger partial charge in [0, 0.05) is 0 Å². The van der Waals surface area contributed by atoms with Gasteiger partial charge in [0.25, 0.3) is 0 Å². The maximum Gasteiger partial charge on any atom is 0.105 e. The van der Waals surface area contributed by atoms with Crippen molar-refractivity contribution in [1.29, 1.82) is 0 Å². The summed E-state index contributed by atoms with van der Waals surface area (Å²) in [6.45, 7) is 5.88. The highest BCUT2D eigenvalue weighted by Gasteiger charge is 2.52. The lowest BCUT2D eigenvalue weighted by atomic mass is 9.61. The SMILES string of the molecule is C[C@H](CCC[C@@](C)(O)[C@@H](O)CO)[C@H]1CC[C@H]2[C@@H](O)CCC[C@]12C. The molecule has 136 valence electrons. The summed E-state index contributed by atoms with van der Waals surface area (Å²) in [7, 11) is 0. The van der Waals surface area contributed by atoms with E-state index in [2.05, 4.69) is 13.8 Å². The quantitative estimate of drug-likeness (QED) is 0.579. The van der Waals surface area contributed by atoms with E-state index < -0.39 is 18.3 Å². The molecule has 0 spiro atoms. The molecular weight excluding hydrogens is 292 g/mol. The van der Waals surface area contributed by atoms with Crippen LogP contribution in [0.25, 0.3) is 0 Å². The largest absolute Gasteiger partial charge is 0.394 e. The van der Waals surface area contributed by atoms with Gasteiger partial charge in [-0.15, -0.1) is 0 Å². The minimum Gasteiger partial charge on any atom is -0.394 e. The second-order valence-corrected chi connectivity index (χ2v) is 8.68. The molecule has 2 aliphatic rings. The van der Waals surface area contributed by atoms with Crippen molar-refractivity contribution in [2.24, 2.45) is 23.2 Å². The molecule has 0 unspecified atom stereocenters. The van der Waals surface area contributed by atoms with Crippen LogP contribution in [0.15, 0.2) is 0 Å². The van der Waals surface area contributed by atoms with E-state index in [9.17, 15) is 15.3 Å². The standard InChI is InChI=1S/C19H36O4/c1-13(6-4-11-19(3,23)17(22)12-20)14-8-9-15-16(21)7-5-10-18(14,15)2/h13-17,20-23H,4-12H2,1-3H3/t13-,14-,15+,16+,17+,18-,19-/m1/s1. The molecule has 0 aromatic rings. The van der Waals surface area contributed by atoms with Crippen molar-refractivity contribution in [2.45, 2.75) is 89.9 Å². The molecule has 0 amide bonds. The highest BCUT2D eigenvalue weighted by Crippen LogP contribution is 2.58. The molecular formula is C19H36O4. The van der Waals surface area contributed by atoms with Crippen LogP contribution in [0, 0.1) is 23.2 Å². The fourth-order valence-electron chi connectivity index (χ4n) is 5.47. The molecule has 0 aromatic carbocycles. The summed E-state index contributed by atoms with van der Waals surface area (Å²) >= 11 is 0. The summed E-state index contributed by atoms with van der Waals surface area (Å²) in [6.07, 6.45) is 6.87. The van der Waals surface area contributed by atoms with E-state index in [1.165, 1.54) is 12.8 Å². The van der Waals surface area contributed by atoms with Crippen LogP contribution < -0.4 is 0 Å². The van der Waals surface area contributed by atoms with Crippen LogP contribution in [0.1, 0.15) is 72.1 Å². The van der Waals surface area contributed by atoms with Crippen molar-refractivity contribution in [3.63, 3.8) is 0 Å². The number of rotatable bonds is 7. The Balaban J connectivity index is 1.88. The van der Waals surface area contributed by atoms with Gasteiger partial charge in [0.05, 0.1) is 18.3 Å². The summed E-state index contributed by atoms with van der Waals surface area (Å²) in [5, 5.41) is 39.2. The van der Waals surface area contributed by atoms with Gasteiger partial charge in [0.1, 0.15) is 6.10 Å². The predicted octanol–water partition coefficient (Wildman–Crippen LogP) is 2.47. The first-order chi connectivity index (χ1) is 10.7. The average Bonchev–Trinajstić information content (AvgIpc) is 2.84. The second kappa shape index (κ2) is 7.38. The molecule has 2 fully saturated rings. The van der Waals surface area contributed by atoms with E-state index in [1.807, 2.05) is 0 Å². The van der Waals surface area contributed by atoms with Crippen molar-refractivity contribution >= 4 is 0 Å². The molecule has 2 aliphatic carbocycles. The average molecular weight is 328 g/mol. The van der Waals surface area contributed by atoms with Crippen molar-refractivity contribution in [3.05, 3.63) is 0 Å². The fourth-order valence-corrected chi connectivity index (χ4v) is 5.47. The molecule has 0 aromatic heterocycles. The molecule has 0 heterocycles.